The summed E-state index contributed by atoms with van der Waals surface area (Å²) in [5, 5.41) is 3.27. The second-order valence-corrected chi connectivity index (χ2v) is 4.32. The van der Waals surface area contributed by atoms with E-state index < -0.39 is 0 Å². The summed E-state index contributed by atoms with van der Waals surface area (Å²) in [6.07, 6.45) is 2.28. The van der Waals surface area contributed by atoms with E-state index in [1.165, 1.54) is 6.42 Å². The van der Waals surface area contributed by atoms with E-state index in [0.717, 1.165) is 37.3 Å². The van der Waals surface area contributed by atoms with Crippen LogP contribution in [0.1, 0.15) is 24.4 Å². The minimum atomic E-state index is -0.0587. The Balaban J connectivity index is 2.00. The van der Waals surface area contributed by atoms with Crippen molar-refractivity contribution in [2.75, 3.05) is 25.0 Å². The topological polar surface area (TPSA) is 15.3 Å². The van der Waals surface area contributed by atoms with Crippen molar-refractivity contribution in [2.45, 2.75) is 18.9 Å². The lowest BCUT2D eigenvalue weighted by Gasteiger charge is -2.41. The Kier molecular flexibility index (Phi) is 2.13. The van der Waals surface area contributed by atoms with Gasteiger partial charge in [0.15, 0.2) is 0 Å². The molecule has 2 heterocycles. The van der Waals surface area contributed by atoms with Crippen molar-refractivity contribution in [3.8, 4) is 0 Å². The highest BCUT2D eigenvalue weighted by Gasteiger charge is 2.31. The van der Waals surface area contributed by atoms with Gasteiger partial charge in [0.2, 0.25) is 0 Å². The maximum atomic E-state index is 13.8. The molecule has 0 saturated carbocycles. The quantitative estimate of drug-likeness (QED) is 0.759. The smallest absolute Gasteiger partial charge is 0.130 e. The number of benzene rings is 1. The van der Waals surface area contributed by atoms with Crippen LogP contribution in [0.25, 0.3) is 0 Å². The molecule has 2 aliphatic rings. The lowest BCUT2D eigenvalue weighted by molar-refractivity contribution is 0.109. The van der Waals surface area contributed by atoms with Crippen molar-refractivity contribution in [3.63, 3.8) is 0 Å². The van der Waals surface area contributed by atoms with Crippen molar-refractivity contribution in [1.29, 1.82) is 0 Å². The monoisotopic (exact) mass is 206 g/mol. The van der Waals surface area contributed by atoms with Crippen LogP contribution in [0.15, 0.2) is 18.2 Å². The highest BCUT2D eigenvalue weighted by atomic mass is 19.1. The Morgan fingerprint density at radius 1 is 1.33 bits per heavy atom. The molecule has 3 heteroatoms. The second kappa shape index (κ2) is 3.49. The molecule has 0 aliphatic carbocycles. The van der Waals surface area contributed by atoms with Crippen LogP contribution in [0.5, 0.6) is 0 Å². The summed E-state index contributed by atoms with van der Waals surface area (Å²) < 4.78 is 13.8. The fraction of sp³-hybridized carbons (Fsp3) is 0.500. The van der Waals surface area contributed by atoms with Crippen LogP contribution in [0.2, 0.25) is 0 Å². The molecule has 1 N–H and O–H groups in total. The fourth-order valence-electron chi connectivity index (χ4n) is 2.54. The van der Waals surface area contributed by atoms with Gasteiger partial charge in [-0.2, -0.15) is 0 Å². The molecule has 2 aliphatic heterocycles. The third-order valence-electron chi connectivity index (χ3n) is 3.45. The molecule has 1 aromatic rings. The summed E-state index contributed by atoms with van der Waals surface area (Å²) in [5.41, 5.74) is 1.86. The first-order chi connectivity index (χ1) is 7.36. The van der Waals surface area contributed by atoms with Gasteiger partial charge in [-0.15, -0.1) is 0 Å². The van der Waals surface area contributed by atoms with E-state index in [4.69, 9.17) is 0 Å². The van der Waals surface area contributed by atoms with Gasteiger partial charge in [0.05, 0.1) is 0 Å². The van der Waals surface area contributed by atoms with Crippen LogP contribution in [0.3, 0.4) is 0 Å². The highest BCUT2D eigenvalue weighted by molar-refractivity contribution is 5.55. The number of anilines is 1. The maximum Gasteiger partial charge on any atom is 0.130 e. The first-order valence-electron chi connectivity index (χ1n) is 5.62. The molecule has 0 radical (unpaired) electrons. The standard InChI is InChI=1S/C12H15FN2/c13-9-3-1-4-10-12(9)11(5-6-14-10)15-7-2-8-15/h1,3-4,11,14H,2,5-8H2. The minimum absolute atomic E-state index is 0.0587. The third-order valence-corrected chi connectivity index (χ3v) is 3.45. The van der Waals surface area contributed by atoms with Crippen molar-refractivity contribution >= 4 is 5.69 Å². The largest absolute Gasteiger partial charge is 0.385 e. The molecular weight excluding hydrogens is 191 g/mol. The van der Waals surface area contributed by atoms with Gasteiger partial charge in [-0.3, -0.25) is 4.90 Å². The molecule has 80 valence electrons. The molecule has 1 unspecified atom stereocenters. The van der Waals surface area contributed by atoms with E-state index in [2.05, 4.69) is 10.2 Å². The number of likely N-dealkylation sites (tertiary alicyclic amines) is 1. The van der Waals surface area contributed by atoms with Crippen LogP contribution >= 0.6 is 0 Å². The lowest BCUT2D eigenvalue weighted by atomic mass is 9.93. The molecule has 15 heavy (non-hydrogen) atoms. The molecule has 0 aromatic heterocycles. The molecule has 0 spiro atoms. The Hall–Kier alpha value is -1.09. The molecule has 3 rings (SSSR count). The zero-order chi connectivity index (χ0) is 10.3. The van der Waals surface area contributed by atoms with Crippen LogP contribution in [0.4, 0.5) is 10.1 Å². The maximum absolute atomic E-state index is 13.8. The van der Waals surface area contributed by atoms with Gasteiger partial charge in [-0.25, -0.2) is 4.39 Å². The molecule has 0 bridgehead atoms. The van der Waals surface area contributed by atoms with E-state index in [-0.39, 0.29) is 5.82 Å². The Labute approximate surface area is 89.1 Å². The SMILES string of the molecule is Fc1cccc2c1C(N1CCC1)CCN2. The van der Waals surface area contributed by atoms with Crippen molar-refractivity contribution in [1.82, 2.24) is 4.90 Å². The van der Waals surface area contributed by atoms with Gasteiger partial charge in [0, 0.05) is 23.8 Å². The van der Waals surface area contributed by atoms with E-state index in [0.29, 0.717) is 6.04 Å². The average Bonchev–Trinajstić information content (AvgIpc) is 2.15. The van der Waals surface area contributed by atoms with Crippen LogP contribution < -0.4 is 5.32 Å². The summed E-state index contributed by atoms with van der Waals surface area (Å²) >= 11 is 0. The third kappa shape index (κ3) is 1.42. The number of rotatable bonds is 1. The zero-order valence-electron chi connectivity index (χ0n) is 8.67. The molecular formula is C12H15FN2. The second-order valence-electron chi connectivity index (χ2n) is 4.32. The number of hydrogen-bond acceptors (Lipinski definition) is 2. The number of hydrogen-bond donors (Lipinski definition) is 1. The number of nitrogens with one attached hydrogen (secondary N) is 1. The Morgan fingerprint density at radius 2 is 2.20 bits per heavy atom. The normalized spacial score (nSPS) is 25.3. The van der Waals surface area contributed by atoms with Gasteiger partial charge >= 0.3 is 0 Å². The van der Waals surface area contributed by atoms with Crippen molar-refractivity contribution in [3.05, 3.63) is 29.6 Å². The Morgan fingerprint density at radius 3 is 2.93 bits per heavy atom. The summed E-state index contributed by atoms with van der Waals surface area (Å²) in [4.78, 5) is 2.38. The molecule has 0 amide bonds. The predicted molar refractivity (Wildman–Crippen MR) is 58.4 cm³/mol. The minimum Gasteiger partial charge on any atom is -0.385 e. The van der Waals surface area contributed by atoms with Crippen LogP contribution in [-0.2, 0) is 0 Å². The average molecular weight is 206 g/mol. The van der Waals surface area contributed by atoms with Gasteiger partial charge in [0.1, 0.15) is 5.82 Å². The van der Waals surface area contributed by atoms with E-state index in [9.17, 15) is 4.39 Å². The van der Waals surface area contributed by atoms with Gasteiger partial charge < -0.3 is 5.32 Å². The highest BCUT2D eigenvalue weighted by Crippen LogP contribution is 2.37. The summed E-state index contributed by atoms with van der Waals surface area (Å²) in [6, 6.07) is 5.62. The first kappa shape index (κ1) is 9.16. The number of fused-ring (bicyclic) bond motifs is 1. The Bertz CT molecular complexity index is 374. The fourth-order valence-corrected chi connectivity index (χ4v) is 2.54. The molecule has 1 aromatic carbocycles. The predicted octanol–water partition coefficient (Wildman–Crippen LogP) is 2.39. The molecule has 1 atom stereocenters. The summed E-state index contributed by atoms with van der Waals surface area (Å²) in [6.45, 7) is 3.20. The summed E-state index contributed by atoms with van der Waals surface area (Å²) in [7, 11) is 0. The van der Waals surface area contributed by atoms with Crippen molar-refractivity contribution < 1.29 is 4.39 Å². The summed E-state index contributed by atoms with van der Waals surface area (Å²) in [5.74, 6) is -0.0587. The van der Waals surface area contributed by atoms with Gasteiger partial charge in [-0.1, -0.05) is 6.07 Å². The molecule has 1 saturated heterocycles. The number of halogens is 1. The van der Waals surface area contributed by atoms with Crippen LogP contribution in [0, 0.1) is 5.82 Å². The number of nitrogens with zero attached hydrogens (tertiary/aromatic N) is 1. The zero-order valence-corrected chi connectivity index (χ0v) is 8.67. The van der Waals surface area contributed by atoms with E-state index in [1.54, 1.807) is 12.1 Å². The molecule has 1 fully saturated rings. The van der Waals surface area contributed by atoms with Crippen molar-refractivity contribution in [2.24, 2.45) is 0 Å². The van der Waals surface area contributed by atoms with Gasteiger partial charge in [0.25, 0.3) is 0 Å². The van der Waals surface area contributed by atoms with E-state index >= 15 is 0 Å². The van der Waals surface area contributed by atoms with Gasteiger partial charge in [-0.05, 0) is 38.1 Å². The molecule has 2 nitrogen and oxygen atoms in total. The first-order valence-corrected chi connectivity index (χ1v) is 5.62. The lowest BCUT2D eigenvalue weighted by Crippen LogP contribution is -2.42. The van der Waals surface area contributed by atoms with E-state index in [1.807, 2.05) is 6.07 Å². The van der Waals surface area contributed by atoms with Crippen LogP contribution in [-0.4, -0.2) is 24.5 Å².